The Labute approximate surface area is 100 Å². The lowest BCUT2D eigenvalue weighted by molar-refractivity contribution is 0.488. The van der Waals surface area contributed by atoms with Gasteiger partial charge < -0.3 is 10.2 Å². The van der Waals surface area contributed by atoms with Crippen LogP contribution in [0.1, 0.15) is 22.9 Å². The number of aryl methyl sites for hydroxylation is 1. The van der Waals surface area contributed by atoms with Gasteiger partial charge in [0.2, 0.25) is 0 Å². The lowest BCUT2D eigenvalue weighted by atomic mass is 10.0. The van der Waals surface area contributed by atoms with Crippen molar-refractivity contribution in [2.24, 2.45) is 5.73 Å². The first-order valence-corrected chi connectivity index (χ1v) is 5.58. The van der Waals surface area contributed by atoms with Crippen LogP contribution in [0.15, 0.2) is 41.0 Å². The van der Waals surface area contributed by atoms with Crippen molar-refractivity contribution < 1.29 is 4.42 Å². The Balaban J connectivity index is 2.14. The zero-order valence-corrected chi connectivity index (χ0v) is 9.87. The number of hydrogen-bond donors (Lipinski definition) is 1. The molecule has 3 heteroatoms. The predicted molar refractivity (Wildman–Crippen MR) is 65.5 cm³/mol. The van der Waals surface area contributed by atoms with Gasteiger partial charge in [-0.3, -0.25) is 0 Å². The molecule has 0 radical (unpaired) electrons. The van der Waals surface area contributed by atoms with Crippen LogP contribution >= 0.6 is 11.6 Å². The van der Waals surface area contributed by atoms with E-state index in [0.29, 0.717) is 6.42 Å². The number of nitrogens with two attached hydrogens (primary N) is 1. The van der Waals surface area contributed by atoms with E-state index in [9.17, 15) is 0 Å². The van der Waals surface area contributed by atoms with E-state index in [2.05, 4.69) is 0 Å². The summed E-state index contributed by atoms with van der Waals surface area (Å²) in [5.74, 6) is 0.903. The SMILES string of the molecule is Cc1cc(C(N)Cc2ccco2)ccc1Cl. The molecule has 2 aromatic rings. The largest absolute Gasteiger partial charge is 0.469 e. The van der Waals surface area contributed by atoms with Crippen molar-refractivity contribution in [3.05, 3.63) is 58.5 Å². The highest BCUT2D eigenvalue weighted by atomic mass is 35.5. The second-order valence-corrected chi connectivity index (χ2v) is 4.31. The number of hydrogen-bond acceptors (Lipinski definition) is 2. The number of benzene rings is 1. The lowest BCUT2D eigenvalue weighted by Gasteiger charge is -2.11. The number of rotatable bonds is 3. The van der Waals surface area contributed by atoms with Gasteiger partial charge in [-0.1, -0.05) is 23.7 Å². The molecule has 0 amide bonds. The van der Waals surface area contributed by atoms with E-state index in [1.165, 1.54) is 0 Å². The second kappa shape index (κ2) is 4.73. The van der Waals surface area contributed by atoms with Crippen molar-refractivity contribution in [2.45, 2.75) is 19.4 Å². The summed E-state index contributed by atoms with van der Waals surface area (Å²) in [5.41, 5.74) is 8.23. The van der Waals surface area contributed by atoms with Crippen LogP contribution in [-0.4, -0.2) is 0 Å². The van der Waals surface area contributed by atoms with E-state index in [1.807, 2.05) is 37.3 Å². The van der Waals surface area contributed by atoms with Crippen molar-refractivity contribution in [1.29, 1.82) is 0 Å². The van der Waals surface area contributed by atoms with Gasteiger partial charge in [0.1, 0.15) is 5.76 Å². The average Bonchev–Trinajstić information content (AvgIpc) is 2.74. The van der Waals surface area contributed by atoms with E-state index < -0.39 is 0 Å². The molecule has 0 aliphatic carbocycles. The predicted octanol–water partition coefficient (Wildman–Crippen LogP) is 3.48. The molecule has 0 aliphatic heterocycles. The quantitative estimate of drug-likeness (QED) is 0.885. The van der Waals surface area contributed by atoms with Gasteiger partial charge in [0.25, 0.3) is 0 Å². The summed E-state index contributed by atoms with van der Waals surface area (Å²) in [6.45, 7) is 1.98. The summed E-state index contributed by atoms with van der Waals surface area (Å²) in [4.78, 5) is 0. The molecule has 2 rings (SSSR count). The fourth-order valence-electron chi connectivity index (χ4n) is 1.66. The molecule has 16 heavy (non-hydrogen) atoms. The number of halogens is 1. The Bertz CT molecular complexity index is 465. The van der Waals surface area contributed by atoms with Crippen molar-refractivity contribution in [2.75, 3.05) is 0 Å². The zero-order valence-electron chi connectivity index (χ0n) is 9.11. The van der Waals surface area contributed by atoms with Crippen LogP contribution in [0.5, 0.6) is 0 Å². The van der Waals surface area contributed by atoms with Gasteiger partial charge in [-0.15, -0.1) is 0 Å². The van der Waals surface area contributed by atoms with Gasteiger partial charge in [-0.2, -0.15) is 0 Å². The molecule has 1 aromatic heterocycles. The Hall–Kier alpha value is -1.25. The number of furan rings is 1. The summed E-state index contributed by atoms with van der Waals surface area (Å²) in [5, 5.41) is 0.772. The van der Waals surface area contributed by atoms with Crippen LogP contribution in [0.2, 0.25) is 5.02 Å². The van der Waals surface area contributed by atoms with E-state index in [4.69, 9.17) is 21.8 Å². The first-order chi connectivity index (χ1) is 7.66. The third-order valence-corrected chi connectivity index (χ3v) is 3.04. The normalized spacial score (nSPS) is 12.7. The van der Waals surface area contributed by atoms with Gasteiger partial charge >= 0.3 is 0 Å². The summed E-state index contributed by atoms with van der Waals surface area (Å²) in [6, 6.07) is 9.62. The van der Waals surface area contributed by atoms with E-state index in [0.717, 1.165) is 21.9 Å². The van der Waals surface area contributed by atoms with Crippen LogP contribution in [0, 0.1) is 6.92 Å². The standard InChI is InChI=1S/C13H14ClNO/c1-9-7-10(4-5-12(9)14)13(15)8-11-3-2-6-16-11/h2-7,13H,8,15H2,1H3. The maximum Gasteiger partial charge on any atom is 0.105 e. The van der Waals surface area contributed by atoms with Gasteiger partial charge in [0, 0.05) is 17.5 Å². The van der Waals surface area contributed by atoms with Crippen LogP contribution in [0.3, 0.4) is 0 Å². The third kappa shape index (κ3) is 2.46. The zero-order chi connectivity index (χ0) is 11.5. The monoisotopic (exact) mass is 235 g/mol. The van der Waals surface area contributed by atoms with Crippen LogP contribution in [0.4, 0.5) is 0 Å². The second-order valence-electron chi connectivity index (χ2n) is 3.90. The Kier molecular flexibility index (Phi) is 3.32. The van der Waals surface area contributed by atoms with Crippen molar-refractivity contribution in [3.63, 3.8) is 0 Å². The smallest absolute Gasteiger partial charge is 0.105 e. The van der Waals surface area contributed by atoms with E-state index in [-0.39, 0.29) is 6.04 Å². The minimum atomic E-state index is -0.0536. The molecular formula is C13H14ClNO. The molecule has 1 heterocycles. The molecule has 1 unspecified atom stereocenters. The Morgan fingerprint density at radius 1 is 1.38 bits per heavy atom. The summed E-state index contributed by atoms with van der Waals surface area (Å²) < 4.78 is 5.27. The first kappa shape index (κ1) is 11.2. The third-order valence-electron chi connectivity index (χ3n) is 2.61. The molecule has 0 bridgehead atoms. The Morgan fingerprint density at radius 2 is 2.19 bits per heavy atom. The molecule has 84 valence electrons. The fraction of sp³-hybridized carbons (Fsp3) is 0.231. The molecular weight excluding hydrogens is 222 g/mol. The molecule has 2 nitrogen and oxygen atoms in total. The topological polar surface area (TPSA) is 39.2 Å². The van der Waals surface area contributed by atoms with Gasteiger partial charge in [-0.05, 0) is 36.2 Å². The highest BCUT2D eigenvalue weighted by molar-refractivity contribution is 6.31. The van der Waals surface area contributed by atoms with Crippen molar-refractivity contribution in [3.8, 4) is 0 Å². The Morgan fingerprint density at radius 3 is 2.81 bits per heavy atom. The summed E-state index contributed by atoms with van der Waals surface area (Å²) in [6.07, 6.45) is 2.36. The molecule has 2 N–H and O–H groups in total. The highest BCUT2D eigenvalue weighted by Gasteiger charge is 2.09. The lowest BCUT2D eigenvalue weighted by Crippen LogP contribution is -2.13. The van der Waals surface area contributed by atoms with Crippen LogP contribution < -0.4 is 5.73 Å². The maximum atomic E-state index is 6.10. The molecule has 0 spiro atoms. The molecule has 0 saturated heterocycles. The maximum absolute atomic E-state index is 6.10. The molecule has 0 aliphatic rings. The van der Waals surface area contributed by atoms with E-state index in [1.54, 1.807) is 6.26 Å². The summed E-state index contributed by atoms with van der Waals surface area (Å²) >= 11 is 5.97. The fourth-order valence-corrected chi connectivity index (χ4v) is 1.78. The molecule has 0 fully saturated rings. The van der Waals surface area contributed by atoms with Crippen LogP contribution in [0.25, 0.3) is 0 Å². The van der Waals surface area contributed by atoms with Crippen LogP contribution in [-0.2, 0) is 6.42 Å². The van der Waals surface area contributed by atoms with Crippen molar-refractivity contribution >= 4 is 11.6 Å². The minimum absolute atomic E-state index is 0.0536. The first-order valence-electron chi connectivity index (χ1n) is 5.21. The van der Waals surface area contributed by atoms with Gasteiger partial charge in [0.05, 0.1) is 6.26 Å². The summed E-state index contributed by atoms with van der Waals surface area (Å²) in [7, 11) is 0. The molecule has 0 saturated carbocycles. The van der Waals surface area contributed by atoms with Crippen molar-refractivity contribution in [1.82, 2.24) is 0 Å². The van der Waals surface area contributed by atoms with Gasteiger partial charge in [0.15, 0.2) is 0 Å². The van der Waals surface area contributed by atoms with Gasteiger partial charge in [-0.25, -0.2) is 0 Å². The highest BCUT2D eigenvalue weighted by Crippen LogP contribution is 2.22. The average molecular weight is 236 g/mol. The molecule has 1 aromatic carbocycles. The van der Waals surface area contributed by atoms with E-state index >= 15 is 0 Å². The molecule has 1 atom stereocenters. The minimum Gasteiger partial charge on any atom is -0.469 e.